The Morgan fingerprint density at radius 3 is 2.48 bits per heavy atom. The Bertz CT molecular complexity index is 2260. The zero-order chi connectivity index (χ0) is 42.8. The van der Waals surface area contributed by atoms with Crippen LogP contribution in [0.25, 0.3) is 11.2 Å². The summed E-state index contributed by atoms with van der Waals surface area (Å²) in [6, 6.07) is 9.92. The predicted octanol–water partition coefficient (Wildman–Crippen LogP) is 0.206. The van der Waals surface area contributed by atoms with Crippen LogP contribution in [0.15, 0.2) is 48.7 Å². The normalized spacial score (nSPS) is 15.3. The van der Waals surface area contributed by atoms with Crippen molar-refractivity contribution in [2.24, 2.45) is 0 Å². The second-order valence-corrected chi connectivity index (χ2v) is 14.0. The number of rotatable bonds is 20. The van der Waals surface area contributed by atoms with Crippen LogP contribution in [0.5, 0.6) is 0 Å². The third-order valence-corrected chi connectivity index (χ3v) is 9.82. The third-order valence-electron chi connectivity index (χ3n) is 9.82. The highest BCUT2D eigenvalue weighted by Gasteiger charge is 2.39. The number of nitrogen functional groups attached to an aromatic ring is 2. The SMILES string of the molecule is CN(Cc1cnc2nc(N)nc(N)c2n1)c1ccc(C(=O)N[C@@H](CCC(=O)NCCOCCOCCNc2cccc3c2CN(C2CCC(=O)NC2=O)C3=O)C(=O)O)cc1. The molecule has 1 saturated heterocycles. The number of nitrogens with two attached hydrogens (primary N) is 2. The number of nitrogens with zero attached hydrogens (tertiary/aromatic N) is 6. The zero-order valence-corrected chi connectivity index (χ0v) is 32.8. The van der Waals surface area contributed by atoms with E-state index in [9.17, 15) is 33.9 Å². The minimum absolute atomic E-state index is 0.00310. The van der Waals surface area contributed by atoms with E-state index in [1.165, 1.54) is 4.90 Å². The molecular formula is C39H46N12O9. The molecular weight excluding hydrogens is 781 g/mol. The number of carboxylic acid groups (broad SMARTS) is 1. The number of carbonyl (C=O) groups excluding carboxylic acids is 5. The van der Waals surface area contributed by atoms with Gasteiger partial charge in [0.2, 0.25) is 23.7 Å². The molecule has 0 aliphatic carbocycles. The molecule has 2 aliphatic heterocycles. The van der Waals surface area contributed by atoms with Crippen molar-refractivity contribution in [2.75, 3.05) is 68.2 Å². The predicted molar refractivity (Wildman–Crippen MR) is 216 cm³/mol. The van der Waals surface area contributed by atoms with Crippen molar-refractivity contribution in [3.63, 3.8) is 0 Å². The minimum Gasteiger partial charge on any atom is -0.480 e. The number of fused-ring (bicyclic) bond motifs is 2. The highest BCUT2D eigenvalue weighted by Crippen LogP contribution is 2.32. The molecule has 2 atom stereocenters. The first kappa shape index (κ1) is 42.6. The fraction of sp³-hybridized carbons (Fsp3) is 0.385. The summed E-state index contributed by atoms with van der Waals surface area (Å²) in [5, 5.41) is 20.4. The average molecular weight is 827 g/mol. The van der Waals surface area contributed by atoms with E-state index in [1.807, 2.05) is 18.0 Å². The van der Waals surface area contributed by atoms with Gasteiger partial charge in [-0.1, -0.05) is 6.07 Å². The van der Waals surface area contributed by atoms with Gasteiger partial charge in [0, 0.05) is 67.6 Å². The summed E-state index contributed by atoms with van der Waals surface area (Å²) in [7, 11) is 1.82. The van der Waals surface area contributed by atoms with Crippen molar-refractivity contribution in [3.8, 4) is 0 Å². The first-order valence-corrected chi connectivity index (χ1v) is 19.2. The molecule has 1 unspecified atom stereocenters. The molecule has 0 bridgehead atoms. The summed E-state index contributed by atoms with van der Waals surface area (Å²) < 4.78 is 11.1. The Kier molecular flexibility index (Phi) is 13.9. The lowest BCUT2D eigenvalue weighted by molar-refractivity contribution is -0.140. The van der Waals surface area contributed by atoms with Gasteiger partial charge in [-0.2, -0.15) is 9.97 Å². The molecule has 0 spiro atoms. The maximum absolute atomic E-state index is 13.0. The van der Waals surface area contributed by atoms with Crippen LogP contribution in [0.2, 0.25) is 0 Å². The number of piperidine rings is 1. The highest BCUT2D eigenvalue weighted by atomic mass is 16.5. The molecule has 5 amide bonds. The first-order chi connectivity index (χ1) is 28.9. The average Bonchev–Trinajstić information content (AvgIpc) is 3.56. The van der Waals surface area contributed by atoms with Crippen molar-refractivity contribution in [3.05, 3.63) is 71.0 Å². The topological polar surface area (TPSA) is 299 Å². The molecule has 6 rings (SSSR count). The van der Waals surface area contributed by atoms with E-state index in [2.05, 4.69) is 41.2 Å². The van der Waals surface area contributed by atoms with Gasteiger partial charge in [0.25, 0.3) is 11.8 Å². The summed E-state index contributed by atoms with van der Waals surface area (Å²) in [5.74, 6) is -3.17. The summed E-state index contributed by atoms with van der Waals surface area (Å²) in [4.78, 5) is 94.2. The lowest BCUT2D eigenvalue weighted by Crippen LogP contribution is -2.52. The summed E-state index contributed by atoms with van der Waals surface area (Å²) in [5.41, 5.74) is 15.8. The number of hydrogen-bond donors (Lipinski definition) is 7. The lowest BCUT2D eigenvalue weighted by Gasteiger charge is -2.29. The Balaban J connectivity index is 0.831. The Hall–Kier alpha value is -7.00. The molecule has 4 heterocycles. The zero-order valence-electron chi connectivity index (χ0n) is 32.8. The number of benzene rings is 2. The van der Waals surface area contributed by atoms with Crippen molar-refractivity contribution in [1.29, 1.82) is 0 Å². The largest absolute Gasteiger partial charge is 0.480 e. The van der Waals surface area contributed by atoms with Crippen molar-refractivity contribution < 1.29 is 43.3 Å². The van der Waals surface area contributed by atoms with Gasteiger partial charge in [-0.05, 0) is 49.2 Å². The van der Waals surface area contributed by atoms with E-state index < -0.39 is 35.8 Å². The van der Waals surface area contributed by atoms with Crippen LogP contribution in [0.4, 0.5) is 23.1 Å². The fourth-order valence-electron chi connectivity index (χ4n) is 6.72. The molecule has 21 nitrogen and oxygen atoms in total. The summed E-state index contributed by atoms with van der Waals surface area (Å²) in [6.07, 6.45) is 1.78. The van der Waals surface area contributed by atoms with E-state index in [1.54, 1.807) is 42.6 Å². The molecule has 316 valence electrons. The number of aliphatic carboxylic acids is 1. The number of amides is 5. The molecule has 2 aromatic carbocycles. The lowest BCUT2D eigenvalue weighted by atomic mass is 10.0. The number of aromatic nitrogens is 4. The minimum atomic E-state index is -1.29. The van der Waals surface area contributed by atoms with Crippen LogP contribution in [-0.2, 0) is 41.7 Å². The number of hydrogen-bond acceptors (Lipinski definition) is 16. The van der Waals surface area contributed by atoms with E-state index in [0.717, 1.165) is 16.9 Å². The Morgan fingerprint density at radius 1 is 1.00 bits per heavy atom. The Morgan fingerprint density at radius 2 is 1.75 bits per heavy atom. The van der Waals surface area contributed by atoms with Crippen LogP contribution in [0.3, 0.4) is 0 Å². The van der Waals surface area contributed by atoms with Gasteiger partial charge in [-0.25, -0.2) is 14.8 Å². The van der Waals surface area contributed by atoms with Gasteiger partial charge < -0.3 is 51.8 Å². The summed E-state index contributed by atoms with van der Waals surface area (Å²) >= 11 is 0. The number of anilines is 4. The van der Waals surface area contributed by atoms with Gasteiger partial charge in [0.05, 0.1) is 44.9 Å². The third kappa shape index (κ3) is 10.7. The molecule has 0 radical (unpaired) electrons. The van der Waals surface area contributed by atoms with Crippen LogP contribution < -0.4 is 37.6 Å². The van der Waals surface area contributed by atoms with Crippen LogP contribution in [0, 0.1) is 0 Å². The van der Waals surface area contributed by atoms with Crippen molar-refractivity contribution >= 4 is 69.8 Å². The maximum Gasteiger partial charge on any atom is 0.326 e. The molecule has 60 heavy (non-hydrogen) atoms. The highest BCUT2D eigenvalue weighted by molar-refractivity contribution is 6.06. The smallest absolute Gasteiger partial charge is 0.326 e. The quantitative estimate of drug-likeness (QED) is 0.0463. The van der Waals surface area contributed by atoms with E-state index in [0.29, 0.717) is 49.5 Å². The number of carbonyl (C=O) groups is 6. The number of imide groups is 1. The van der Waals surface area contributed by atoms with Gasteiger partial charge in [-0.3, -0.25) is 29.3 Å². The second kappa shape index (κ2) is 19.6. The number of ether oxygens (including phenoxy) is 2. The molecule has 2 aromatic heterocycles. The molecule has 9 N–H and O–H groups in total. The fourth-order valence-corrected chi connectivity index (χ4v) is 6.72. The maximum atomic E-state index is 13.0. The monoisotopic (exact) mass is 826 g/mol. The molecule has 1 fully saturated rings. The van der Waals surface area contributed by atoms with Crippen LogP contribution in [0.1, 0.15) is 57.7 Å². The number of carboxylic acids is 1. The van der Waals surface area contributed by atoms with Gasteiger partial charge in [-0.15, -0.1) is 0 Å². The molecule has 2 aliphatic rings. The van der Waals surface area contributed by atoms with E-state index in [-0.39, 0.29) is 80.4 Å². The molecule has 0 saturated carbocycles. The second-order valence-electron chi connectivity index (χ2n) is 14.0. The van der Waals surface area contributed by atoms with Crippen molar-refractivity contribution in [1.82, 2.24) is 40.8 Å². The van der Waals surface area contributed by atoms with Crippen molar-refractivity contribution in [2.45, 2.75) is 50.9 Å². The van der Waals surface area contributed by atoms with Gasteiger partial charge >= 0.3 is 5.97 Å². The Labute approximate surface area is 343 Å². The van der Waals surface area contributed by atoms with E-state index in [4.69, 9.17) is 20.9 Å². The number of nitrogens with one attached hydrogen (secondary N) is 4. The van der Waals surface area contributed by atoms with Crippen LogP contribution >= 0.6 is 0 Å². The van der Waals surface area contributed by atoms with Crippen LogP contribution in [-0.4, -0.2) is 124 Å². The van der Waals surface area contributed by atoms with Gasteiger partial charge in [0.1, 0.15) is 12.1 Å². The standard InChI is InChI=1S/C39H46N12O9/c1-50(20-23-19-44-34-32(45-23)33(40)48-39(41)49-34)24-7-5-22(6-8-24)35(54)46-28(38(57)58)9-11-30(52)43-14-16-60-18-17-59-15-13-42-27-4-2-3-25-26(27)21-51(37(25)56)29-10-12-31(53)47-36(29)55/h2-8,19,28-29,42H,9-18,20-21H2,1H3,(H,43,52)(H,46,54)(H,57,58)(H,47,53,55)(H4,40,41,44,48,49)/t28-,29?/m0/s1. The summed E-state index contributed by atoms with van der Waals surface area (Å²) in [6.45, 7) is 2.40. The first-order valence-electron chi connectivity index (χ1n) is 19.2. The van der Waals surface area contributed by atoms with Gasteiger partial charge in [0.15, 0.2) is 17.0 Å². The molecule has 4 aromatic rings. The van der Waals surface area contributed by atoms with E-state index >= 15 is 0 Å². The molecule has 21 heteroatoms.